The molecule has 1 aromatic heterocycles. The maximum absolute atomic E-state index is 14.2. The molecule has 0 bridgehead atoms. The quantitative estimate of drug-likeness (QED) is 0.586. The van der Waals surface area contributed by atoms with Crippen LogP contribution in [0.1, 0.15) is 23.7 Å². The van der Waals surface area contributed by atoms with Crippen molar-refractivity contribution >= 4 is 23.2 Å². The molecule has 0 fully saturated rings. The van der Waals surface area contributed by atoms with Crippen LogP contribution in [0.25, 0.3) is 11.6 Å². The van der Waals surface area contributed by atoms with Crippen LogP contribution in [0.5, 0.6) is 5.75 Å². The van der Waals surface area contributed by atoms with Gasteiger partial charge in [0, 0.05) is 11.8 Å². The lowest BCUT2D eigenvalue weighted by Crippen LogP contribution is -2.03. The van der Waals surface area contributed by atoms with E-state index in [4.69, 9.17) is 4.74 Å². The van der Waals surface area contributed by atoms with Crippen molar-refractivity contribution in [3.8, 4) is 17.6 Å². The molecule has 1 aliphatic rings. The third-order valence-electron chi connectivity index (χ3n) is 3.57. The van der Waals surface area contributed by atoms with Crippen molar-refractivity contribution in [2.45, 2.75) is 13.0 Å². The van der Waals surface area contributed by atoms with Crippen LogP contribution >= 0.6 is 0 Å². The average molecular weight is 326 g/mol. The number of nitrogens with one attached hydrogen (secondary N) is 2. The number of ether oxygens (including phenoxy) is 1. The maximum Gasteiger partial charge on any atom is 0.256 e. The molecular weight excluding hydrogens is 311 g/mol. The Morgan fingerprint density at radius 2 is 2.17 bits per heavy atom. The van der Waals surface area contributed by atoms with E-state index < -0.39 is 11.9 Å². The second-order valence-electron chi connectivity index (χ2n) is 5.26. The van der Waals surface area contributed by atoms with Crippen molar-refractivity contribution in [2.24, 2.45) is 0 Å². The van der Waals surface area contributed by atoms with Crippen molar-refractivity contribution < 1.29 is 19.0 Å². The van der Waals surface area contributed by atoms with Gasteiger partial charge in [-0.3, -0.25) is 4.79 Å². The topological polar surface area (TPSA) is 74.4 Å². The van der Waals surface area contributed by atoms with Gasteiger partial charge < -0.3 is 20.1 Å². The van der Waals surface area contributed by atoms with Crippen LogP contribution in [0.15, 0.2) is 24.4 Å². The van der Waals surface area contributed by atoms with Gasteiger partial charge in [-0.1, -0.05) is 11.8 Å². The molecule has 3 N–H and O–H groups in total. The number of carbonyl (C=O) groups excluding carboxylic acids is 1. The largest absolute Gasteiger partial charge is 0.495 e. The molecule has 0 saturated heterocycles. The molecule has 0 spiro atoms. The Kier molecular flexibility index (Phi) is 4.11. The minimum absolute atomic E-state index is 0.0727. The summed E-state index contributed by atoms with van der Waals surface area (Å²) in [6, 6.07) is 4.45. The van der Waals surface area contributed by atoms with Gasteiger partial charge in [0.15, 0.2) is 0 Å². The number of H-pyrrole nitrogens is 1. The Morgan fingerprint density at radius 3 is 2.88 bits per heavy atom. The summed E-state index contributed by atoms with van der Waals surface area (Å²) in [4.78, 5) is 15.3. The molecule has 1 aliphatic heterocycles. The Morgan fingerprint density at radius 1 is 1.38 bits per heavy atom. The zero-order valence-electron chi connectivity index (χ0n) is 13.1. The summed E-state index contributed by atoms with van der Waals surface area (Å²) in [6.45, 7) is 1.48. The van der Waals surface area contributed by atoms with Gasteiger partial charge in [0.05, 0.1) is 29.6 Å². The highest BCUT2D eigenvalue weighted by Crippen LogP contribution is 2.37. The van der Waals surface area contributed by atoms with Crippen LogP contribution < -0.4 is 10.1 Å². The number of amides is 1. The summed E-state index contributed by atoms with van der Waals surface area (Å²) in [5.74, 6) is 4.80. The number of hydrogen-bond donors (Lipinski definition) is 3. The number of aliphatic hydroxyl groups excluding tert-OH is 1. The number of aromatic amines is 1. The maximum atomic E-state index is 14.2. The van der Waals surface area contributed by atoms with E-state index in [0.717, 1.165) is 0 Å². The van der Waals surface area contributed by atoms with Crippen molar-refractivity contribution in [1.82, 2.24) is 4.98 Å². The van der Waals surface area contributed by atoms with E-state index in [1.54, 1.807) is 18.3 Å². The first-order valence-electron chi connectivity index (χ1n) is 7.28. The number of fused-ring (bicyclic) bond motifs is 1. The highest BCUT2D eigenvalue weighted by Gasteiger charge is 2.28. The molecule has 1 atom stereocenters. The number of hydrogen-bond acceptors (Lipinski definition) is 3. The minimum atomic E-state index is -0.902. The SMILES string of the molecule is COc1cc[nH]c1C=C1C(=O)Nc2ccc(F)c(C#C[C@@H](C)O)c21. The van der Waals surface area contributed by atoms with Gasteiger partial charge in [0.2, 0.25) is 0 Å². The Balaban J connectivity index is 2.19. The van der Waals surface area contributed by atoms with Crippen LogP contribution in [0, 0.1) is 17.7 Å². The molecule has 1 aromatic carbocycles. The first-order valence-corrected chi connectivity index (χ1v) is 7.28. The Labute approximate surface area is 138 Å². The standard InChI is InChI=1S/C18H15FN2O3/c1-10(22)3-4-11-13(19)5-6-14-17(11)12(18(23)21-14)9-15-16(24-2)7-8-20-15/h5-10,20,22H,1-2H3,(H,21,23)/t10-/m1/s1. The van der Waals surface area contributed by atoms with Crippen molar-refractivity contribution in [1.29, 1.82) is 0 Å². The fourth-order valence-corrected chi connectivity index (χ4v) is 2.50. The minimum Gasteiger partial charge on any atom is -0.495 e. The lowest BCUT2D eigenvalue weighted by molar-refractivity contribution is -0.110. The van der Waals surface area contributed by atoms with Crippen molar-refractivity contribution in [3.05, 3.63) is 47.0 Å². The second kappa shape index (κ2) is 6.22. The van der Waals surface area contributed by atoms with Gasteiger partial charge in [-0.2, -0.15) is 0 Å². The second-order valence-corrected chi connectivity index (χ2v) is 5.26. The lowest BCUT2D eigenvalue weighted by atomic mass is 9.99. The predicted molar refractivity (Wildman–Crippen MR) is 88.8 cm³/mol. The average Bonchev–Trinajstić information content (AvgIpc) is 3.11. The van der Waals surface area contributed by atoms with E-state index in [1.807, 2.05) is 0 Å². The summed E-state index contributed by atoms with van der Waals surface area (Å²) >= 11 is 0. The highest BCUT2D eigenvalue weighted by molar-refractivity contribution is 6.35. The van der Waals surface area contributed by atoms with E-state index in [0.29, 0.717) is 22.7 Å². The van der Waals surface area contributed by atoms with Gasteiger partial charge in [-0.15, -0.1) is 0 Å². The summed E-state index contributed by atoms with van der Waals surface area (Å²) in [5.41, 5.74) is 1.80. The van der Waals surface area contributed by atoms with E-state index in [9.17, 15) is 14.3 Å². The summed E-state index contributed by atoms with van der Waals surface area (Å²) in [5, 5.41) is 12.0. The van der Waals surface area contributed by atoms with Crippen molar-refractivity contribution in [2.75, 3.05) is 12.4 Å². The summed E-state index contributed by atoms with van der Waals surface area (Å²) in [7, 11) is 1.52. The number of carbonyl (C=O) groups is 1. The Bertz CT molecular complexity index is 901. The van der Waals surface area contributed by atoms with Gasteiger partial charge in [0.1, 0.15) is 17.7 Å². The molecule has 6 heteroatoms. The molecule has 0 radical (unpaired) electrons. The zero-order chi connectivity index (χ0) is 17.3. The predicted octanol–water partition coefficient (Wildman–Crippen LogP) is 2.39. The van der Waals surface area contributed by atoms with E-state index in [1.165, 1.54) is 26.2 Å². The van der Waals surface area contributed by atoms with Gasteiger partial charge in [0.25, 0.3) is 5.91 Å². The number of rotatable bonds is 2. The van der Waals surface area contributed by atoms with Crippen LogP contribution in [0.2, 0.25) is 0 Å². The third-order valence-corrected chi connectivity index (χ3v) is 3.57. The number of halogens is 1. The normalized spacial score (nSPS) is 15.5. The molecule has 2 aromatic rings. The smallest absolute Gasteiger partial charge is 0.256 e. The van der Waals surface area contributed by atoms with Crippen LogP contribution in [0.4, 0.5) is 10.1 Å². The number of benzene rings is 1. The molecule has 2 heterocycles. The van der Waals surface area contributed by atoms with E-state index in [2.05, 4.69) is 22.1 Å². The molecular formula is C18H15FN2O3. The molecule has 1 amide bonds. The molecule has 0 saturated carbocycles. The van der Waals surface area contributed by atoms with Crippen LogP contribution in [0.3, 0.4) is 0 Å². The monoisotopic (exact) mass is 326 g/mol. The van der Waals surface area contributed by atoms with Crippen LogP contribution in [-0.2, 0) is 4.79 Å². The van der Waals surface area contributed by atoms with E-state index in [-0.39, 0.29) is 17.0 Å². The fraction of sp³-hybridized carbons (Fsp3) is 0.167. The lowest BCUT2D eigenvalue weighted by Gasteiger charge is -2.05. The Hall–Kier alpha value is -3.04. The summed E-state index contributed by atoms with van der Waals surface area (Å²) < 4.78 is 19.4. The highest BCUT2D eigenvalue weighted by atomic mass is 19.1. The number of aromatic nitrogens is 1. The first kappa shape index (κ1) is 15.8. The van der Waals surface area contributed by atoms with Gasteiger partial charge >= 0.3 is 0 Å². The summed E-state index contributed by atoms with van der Waals surface area (Å²) in [6.07, 6.45) is 2.37. The number of methoxy groups -OCH3 is 1. The molecule has 24 heavy (non-hydrogen) atoms. The third kappa shape index (κ3) is 2.77. The van der Waals surface area contributed by atoms with Gasteiger partial charge in [-0.05, 0) is 31.2 Å². The molecule has 0 aliphatic carbocycles. The van der Waals surface area contributed by atoms with Crippen molar-refractivity contribution in [3.63, 3.8) is 0 Å². The number of aliphatic hydroxyl groups is 1. The molecule has 0 unspecified atom stereocenters. The zero-order valence-corrected chi connectivity index (χ0v) is 13.1. The molecule has 122 valence electrons. The molecule has 3 rings (SSSR count). The van der Waals surface area contributed by atoms with Gasteiger partial charge in [-0.25, -0.2) is 4.39 Å². The fourth-order valence-electron chi connectivity index (χ4n) is 2.50. The van der Waals surface area contributed by atoms with E-state index >= 15 is 0 Å². The van der Waals surface area contributed by atoms with Crippen LogP contribution in [-0.4, -0.2) is 29.2 Å². The number of anilines is 1. The first-order chi connectivity index (χ1) is 11.5. The molecule has 5 nitrogen and oxygen atoms in total.